The summed E-state index contributed by atoms with van der Waals surface area (Å²) in [6.07, 6.45) is 4.52. The van der Waals surface area contributed by atoms with Crippen molar-refractivity contribution >= 4 is 11.3 Å². The maximum absolute atomic E-state index is 10.4. The third-order valence-electron chi connectivity index (χ3n) is 3.10. The van der Waals surface area contributed by atoms with Crippen molar-refractivity contribution in [2.24, 2.45) is 0 Å². The van der Waals surface area contributed by atoms with E-state index in [9.17, 15) is 5.11 Å². The van der Waals surface area contributed by atoms with Gasteiger partial charge in [0.2, 0.25) is 0 Å². The third kappa shape index (κ3) is 3.30. The molecule has 1 aliphatic rings. The fourth-order valence-corrected chi connectivity index (χ4v) is 2.76. The average molecular weight is 226 g/mol. The Labute approximate surface area is 94.9 Å². The van der Waals surface area contributed by atoms with E-state index in [0.717, 1.165) is 38.7 Å². The van der Waals surface area contributed by atoms with Gasteiger partial charge in [0.05, 0.1) is 5.60 Å². The van der Waals surface area contributed by atoms with Gasteiger partial charge in [-0.25, -0.2) is 0 Å². The first-order valence-electron chi connectivity index (χ1n) is 5.60. The first-order chi connectivity index (χ1) is 7.29. The highest BCUT2D eigenvalue weighted by Crippen LogP contribution is 2.26. The van der Waals surface area contributed by atoms with Gasteiger partial charge in [-0.05, 0) is 54.5 Å². The van der Waals surface area contributed by atoms with Crippen LogP contribution in [0.2, 0.25) is 0 Å². The Balaban J connectivity index is 1.86. The highest BCUT2D eigenvalue weighted by molar-refractivity contribution is 7.07. The van der Waals surface area contributed by atoms with Crippen molar-refractivity contribution in [3.8, 4) is 0 Å². The summed E-state index contributed by atoms with van der Waals surface area (Å²) in [5, 5.41) is 14.6. The topological polar surface area (TPSA) is 29.5 Å². The third-order valence-corrected chi connectivity index (χ3v) is 3.83. The molecule has 1 fully saturated rings. The Hall–Kier alpha value is -0.380. The van der Waals surface area contributed by atoms with Crippen molar-refractivity contribution in [2.75, 3.05) is 13.2 Å². The minimum Gasteiger partial charge on any atom is -0.390 e. The van der Waals surface area contributed by atoms with Crippen LogP contribution in [-0.4, -0.2) is 23.9 Å². The molecular formula is C12H18O2S. The van der Waals surface area contributed by atoms with Crippen LogP contribution in [0.4, 0.5) is 0 Å². The van der Waals surface area contributed by atoms with Crippen molar-refractivity contribution < 1.29 is 9.84 Å². The second-order valence-corrected chi connectivity index (χ2v) is 5.10. The number of rotatable bonds is 3. The minimum absolute atomic E-state index is 0.488. The number of ether oxygens (including phenoxy) is 1. The summed E-state index contributed by atoms with van der Waals surface area (Å²) in [4.78, 5) is 0. The van der Waals surface area contributed by atoms with Crippen LogP contribution in [0.15, 0.2) is 16.8 Å². The zero-order chi connectivity index (χ0) is 10.6. The maximum Gasteiger partial charge on any atom is 0.0673 e. The van der Waals surface area contributed by atoms with Crippen molar-refractivity contribution in [1.82, 2.24) is 0 Å². The number of thiophene rings is 1. The Morgan fingerprint density at radius 2 is 2.33 bits per heavy atom. The molecule has 3 heteroatoms. The molecule has 0 spiro atoms. The van der Waals surface area contributed by atoms with Crippen molar-refractivity contribution in [1.29, 1.82) is 0 Å². The number of aryl methyl sites for hydroxylation is 1. The van der Waals surface area contributed by atoms with E-state index in [1.54, 1.807) is 11.3 Å². The van der Waals surface area contributed by atoms with E-state index in [2.05, 4.69) is 16.8 Å². The standard InChI is InChI=1S/C12H18O2S/c13-12(4-1-7-14-8-6-12)5-2-11-3-9-15-10-11/h3,9-10,13H,1-2,4-8H2. The highest BCUT2D eigenvalue weighted by Gasteiger charge is 2.27. The molecule has 0 aromatic carbocycles. The average Bonchev–Trinajstić information content (AvgIpc) is 2.65. The predicted molar refractivity (Wildman–Crippen MR) is 62.3 cm³/mol. The van der Waals surface area contributed by atoms with Gasteiger partial charge in [-0.2, -0.15) is 11.3 Å². The van der Waals surface area contributed by atoms with E-state index >= 15 is 0 Å². The van der Waals surface area contributed by atoms with Crippen LogP contribution in [0, 0.1) is 0 Å². The number of hydrogen-bond donors (Lipinski definition) is 1. The molecule has 1 aliphatic heterocycles. The van der Waals surface area contributed by atoms with E-state index in [0.29, 0.717) is 6.61 Å². The molecule has 1 saturated heterocycles. The second-order valence-electron chi connectivity index (χ2n) is 4.32. The highest BCUT2D eigenvalue weighted by atomic mass is 32.1. The van der Waals surface area contributed by atoms with Gasteiger partial charge in [-0.3, -0.25) is 0 Å². The number of aliphatic hydroxyl groups is 1. The summed E-state index contributed by atoms with van der Waals surface area (Å²) in [5.41, 5.74) is 0.858. The first-order valence-corrected chi connectivity index (χ1v) is 6.54. The molecule has 1 aromatic rings. The van der Waals surface area contributed by atoms with E-state index in [1.807, 2.05) is 0 Å². The fraction of sp³-hybridized carbons (Fsp3) is 0.667. The van der Waals surface area contributed by atoms with Gasteiger partial charge < -0.3 is 9.84 Å². The van der Waals surface area contributed by atoms with Crippen LogP contribution >= 0.6 is 11.3 Å². The van der Waals surface area contributed by atoms with E-state index in [4.69, 9.17) is 4.74 Å². The van der Waals surface area contributed by atoms with Crippen molar-refractivity contribution in [2.45, 2.75) is 37.7 Å². The van der Waals surface area contributed by atoms with Crippen LogP contribution in [0.5, 0.6) is 0 Å². The lowest BCUT2D eigenvalue weighted by molar-refractivity contribution is 0.0110. The summed E-state index contributed by atoms with van der Waals surface area (Å²) in [7, 11) is 0. The van der Waals surface area contributed by atoms with E-state index in [1.165, 1.54) is 5.56 Å². The first kappa shape index (κ1) is 11.1. The molecule has 1 unspecified atom stereocenters. The van der Waals surface area contributed by atoms with Crippen LogP contribution < -0.4 is 0 Å². The molecule has 2 heterocycles. The Morgan fingerprint density at radius 3 is 3.13 bits per heavy atom. The van der Waals surface area contributed by atoms with Crippen LogP contribution in [0.3, 0.4) is 0 Å². The van der Waals surface area contributed by atoms with Gasteiger partial charge in [0.25, 0.3) is 0 Å². The van der Waals surface area contributed by atoms with Crippen LogP contribution in [0.1, 0.15) is 31.2 Å². The lowest BCUT2D eigenvalue weighted by Crippen LogP contribution is -2.29. The van der Waals surface area contributed by atoms with Crippen molar-refractivity contribution in [3.63, 3.8) is 0 Å². The molecule has 1 N–H and O–H groups in total. The summed E-state index contributed by atoms with van der Waals surface area (Å²) >= 11 is 1.72. The van der Waals surface area contributed by atoms with Gasteiger partial charge >= 0.3 is 0 Å². The van der Waals surface area contributed by atoms with Gasteiger partial charge in [0.15, 0.2) is 0 Å². The molecule has 1 aromatic heterocycles. The molecular weight excluding hydrogens is 208 g/mol. The lowest BCUT2D eigenvalue weighted by Gasteiger charge is -2.25. The zero-order valence-corrected chi connectivity index (χ0v) is 9.76. The molecule has 15 heavy (non-hydrogen) atoms. The summed E-state index contributed by atoms with van der Waals surface area (Å²) in [5.74, 6) is 0. The Kier molecular flexibility index (Phi) is 3.78. The van der Waals surface area contributed by atoms with Crippen LogP contribution in [0.25, 0.3) is 0 Å². The zero-order valence-electron chi connectivity index (χ0n) is 8.95. The molecule has 2 nitrogen and oxygen atoms in total. The lowest BCUT2D eigenvalue weighted by atomic mass is 9.89. The molecule has 0 saturated carbocycles. The van der Waals surface area contributed by atoms with Crippen molar-refractivity contribution in [3.05, 3.63) is 22.4 Å². The second kappa shape index (κ2) is 5.10. The fourth-order valence-electron chi connectivity index (χ4n) is 2.05. The normalized spacial score (nSPS) is 27.5. The molecule has 2 rings (SSSR count). The molecule has 0 aliphatic carbocycles. The molecule has 84 valence electrons. The molecule has 0 amide bonds. The summed E-state index contributed by atoms with van der Waals surface area (Å²) in [6.45, 7) is 1.51. The van der Waals surface area contributed by atoms with Gasteiger partial charge in [0, 0.05) is 13.2 Å². The Bertz CT molecular complexity index is 274. The molecule has 1 atom stereocenters. The molecule has 0 bridgehead atoms. The van der Waals surface area contributed by atoms with Gasteiger partial charge in [0.1, 0.15) is 0 Å². The van der Waals surface area contributed by atoms with Gasteiger partial charge in [-0.1, -0.05) is 0 Å². The maximum atomic E-state index is 10.4. The monoisotopic (exact) mass is 226 g/mol. The minimum atomic E-state index is -0.488. The largest absolute Gasteiger partial charge is 0.390 e. The molecule has 0 radical (unpaired) electrons. The predicted octanol–water partition coefficient (Wildman–Crippen LogP) is 2.61. The number of hydrogen-bond acceptors (Lipinski definition) is 3. The quantitative estimate of drug-likeness (QED) is 0.858. The smallest absolute Gasteiger partial charge is 0.0673 e. The summed E-state index contributed by atoms with van der Waals surface area (Å²) < 4.78 is 5.37. The SMILES string of the molecule is OC1(CCc2ccsc2)CCCOCC1. The van der Waals surface area contributed by atoms with E-state index < -0.39 is 5.60 Å². The van der Waals surface area contributed by atoms with Crippen LogP contribution in [-0.2, 0) is 11.2 Å². The summed E-state index contributed by atoms with van der Waals surface area (Å²) in [6, 6.07) is 2.14. The van der Waals surface area contributed by atoms with Gasteiger partial charge in [-0.15, -0.1) is 0 Å². The van der Waals surface area contributed by atoms with E-state index in [-0.39, 0.29) is 0 Å². The Morgan fingerprint density at radius 1 is 1.40 bits per heavy atom.